The van der Waals surface area contributed by atoms with E-state index in [4.69, 9.17) is 12.3 Å². The van der Waals surface area contributed by atoms with E-state index < -0.39 is 5.91 Å². The van der Waals surface area contributed by atoms with E-state index in [0.29, 0.717) is 17.3 Å². The van der Waals surface area contributed by atoms with Crippen molar-refractivity contribution in [2.24, 2.45) is 5.73 Å². The number of anilines is 1. The second-order valence-electron chi connectivity index (χ2n) is 8.99. The molecule has 0 unspecified atom stereocenters. The molecular formula is C27H28N8O. The summed E-state index contributed by atoms with van der Waals surface area (Å²) in [5.41, 5.74) is 10.0. The Morgan fingerprint density at radius 2 is 1.89 bits per heavy atom. The van der Waals surface area contributed by atoms with Gasteiger partial charge in [0.05, 0.1) is 12.3 Å². The summed E-state index contributed by atoms with van der Waals surface area (Å²) in [5, 5.41) is 1.17. The molecule has 9 heteroatoms. The highest BCUT2D eigenvalue weighted by molar-refractivity contribution is 5.91. The Balaban J connectivity index is 1.09. The maximum Gasteiger partial charge on any atom is 0.267 e. The molecule has 1 aliphatic rings. The molecule has 1 saturated heterocycles. The summed E-state index contributed by atoms with van der Waals surface area (Å²) in [5.74, 6) is 0.156. The van der Waals surface area contributed by atoms with Crippen LogP contribution in [0.15, 0.2) is 55.0 Å². The number of nitrogens with zero attached hydrogens (tertiary/aromatic N) is 6. The summed E-state index contributed by atoms with van der Waals surface area (Å²) in [6, 6.07) is 11.0. The first-order chi connectivity index (χ1) is 17.6. The molecule has 36 heavy (non-hydrogen) atoms. The molecule has 0 atom stereocenters. The van der Waals surface area contributed by atoms with Crippen LogP contribution >= 0.6 is 0 Å². The number of aromatic amines is 1. The monoisotopic (exact) mass is 480 g/mol. The first kappa shape index (κ1) is 23.5. The van der Waals surface area contributed by atoms with Crippen LogP contribution in [0.25, 0.3) is 27.0 Å². The van der Waals surface area contributed by atoms with Crippen LogP contribution in [0.3, 0.4) is 0 Å². The van der Waals surface area contributed by atoms with Crippen molar-refractivity contribution in [1.29, 1.82) is 0 Å². The van der Waals surface area contributed by atoms with Gasteiger partial charge in [0.15, 0.2) is 5.69 Å². The van der Waals surface area contributed by atoms with Crippen molar-refractivity contribution in [3.05, 3.63) is 77.7 Å². The van der Waals surface area contributed by atoms with Crippen LogP contribution in [0.5, 0.6) is 0 Å². The number of hydrogen-bond acceptors (Lipinski definition) is 6. The molecule has 1 amide bonds. The molecule has 1 aliphatic heterocycles. The maximum absolute atomic E-state index is 11.4. The van der Waals surface area contributed by atoms with E-state index in [2.05, 4.69) is 40.8 Å². The second-order valence-corrected chi connectivity index (χ2v) is 8.99. The zero-order valence-electron chi connectivity index (χ0n) is 20.0. The SMILES string of the molecule is [C-]#[N+]c1ccc2[nH]cc(CCCCN3CCN(c4ncc(-c5cccc(C(N)=O)n5)cn4)CC3)c2c1. The number of pyridine rings is 1. The molecule has 0 spiro atoms. The highest BCUT2D eigenvalue weighted by Crippen LogP contribution is 2.25. The molecule has 182 valence electrons. The number of nitrogens with two attached hydrogens (primary N) is 1. The van der Waals surface area contributed by atoms with E-state index >= 15 is 0 Å². The zero-order valence-corrected chi connectivity index (χ0v) is 20.0. The Labute approximate surface area is 209 Å². The van der Waals surface area contributed by atoms with Crippen LogP contribution in [0.4, 0.5) is 11.6 Å². The van der Waals surface area contributed by atoms with Crippen molar-refractivity contribution in [1.82, 2.24) is 24.8 Å². The topological polar surface area (TPSA) is 108 Å². The Morgan fingerprint density at radius 1 is 1.08 bits per heavy atom. The summed E-state index contributed by atoms with van der Waals surface area (Å²) in [4.78, 5) is 36.3. The number of nitrogens with one attached hydrogen (secondary N) is 1. The number of hydrogen-bond donors (Lipinski definition) is 2. The van der Waals surface area contributed by atoms with Crippen molar-refractivity contribution in [3.63, 3.8) is 0 Å². The van der Waals surface area contributed by atoms with Gasteiger partial charge in [-0.15, -0.1) is 0 Å². The first-order valence-electron chi connectivity index (χ1n) is 12.1. The number of amides is 1. The maximum atomic E-state index is 11.4. The number of unbranched alkanes of at least 4 members (excludes halogenated alkanes) is 1. The number of carbonyl (C=O) groups excluding carboxylic acids is 1. The minimum Gasteiger partial charge on any atom is -0.364 e. The van der Waals surface area contributed by atoms with Gasteiger partial charge in [0.25, 0.3) is 5.91 Å². The Hall–Kier alpha value is -4.29. The molecule has 0 aliphatic carbocycles. The number of primary amides is 1. The minimum absolute atomic E-state index is 0.225. The van der Waals surface area contributed by atoms with Crippen molar-refractivity contribution in [2.45, 2.75) is 19.3 Å². The molecule has 5 rings (SSSR count). The Morgan fingerprint density at radius 3 is 2.64 bits per heavy atom. The van der Waals surface area contributed by atoms with Crippen LogP contribution in [0, 0.1) is 6.57 Å². The van der Waals surface area contributed by atoms with E-state index in [-0.39, 0.29) is 5.69 Å². The van der Waals surface area contributed by atoms with Gasteiger partial charge >= 0.3 is 0 Å². The van der Waals surface area contributed by atoms with Crippen molar-refractivity contribution < 1.29 is 4.79 Å². The zero-order chi connectivity index (χ0) is 24.9. The average molecular weight is 481 g/mol. The lowest BCUT2D eigenvalue weighted by Gasteiger charge is -2.34. The van der Waals surface area contributed by atoms with Crippen LogP contribution in [0.1, 0.15) is 28.9 Å². The summed E-state index contributed by atoms with van der Waals surface area (Å²) in [6.07, 6.45) is 8.83. The second kappa shape index (κ2) is 10.5. The fourth-order valence-corrected chi connectivity index (χ4v) is 4.61. The number of aryl methyl sites for hydroxylation is 1. The van der Waals surface area contributed by atoms with Gasteiger partial charge in [-0.05, 0) is 61.0 Å². The van der Waals surface area contributed by atoms with Crippen molar-refractivity contribution in [3.8, 4) is 11.3 Å². The normalized spacial score (nSPS) is 14.1. The molecule has 1 fully saturated rings. The number of H-pyrrole nitrogens is 1. The van der Waals surface area contributed by atoms with E-state index in [1.807, 2.05) is 24.3 Å². The van der Waals surface area contributed by atoms with E-state index in [0.717, 1.165) is 63.1 Å². The lowest BCUT2D eigenvalue weighted by Crippen LogP contribution is -2.47. The molecule has 0 radical (unpaired) electrons. The molecule has 0 saturated carbocycles. The molecule has 3 N–H and O–H groups in total. The number of aromatic nitrogens is 4. The summed E-state index contributed by atoms with van der Waals surface area (Å²) < 4.78 is 0. The summed E-state index contributed by atoms with van der Waals surface area (Å²) >= 11 is 0. The van der Waals surface area contributed by atoms with Gasteiger partial charge in [-0.25, -0.2) is 19.8 Å². The lowest BCUT2D eigenvalue weighted by molar-refractivity contribution is 0.0995. The van der Waals surface area contributed by atoms with Gasteiger partial charge in [0.1, 0.15) is 5.69 Å². The molecule has 1 aromatic carbocycles. The first-order valence-corrected chi connectivity index (χ1v) is 12.1. The fraction of sp³-hybridized carbons (Fsp3) is 0.296. The molecule has 3 aromatic heterocycles. The van der Waals surface area contributed by atoms with E-state index in [1.54, 1.807) is 24.5 Å². The number of fused-ring (bicyclic) bond motifs is 1. The number of rotatable bonds is 8. The quantitative estimate of drug-likeness (QED) is 0.293. The molecule has 4 aromatic rings. The van der Waals surface area contributed by atoms with Crippen LogP contribution < -0.4 is 10.6 Å². The number of benzene rings is 1. The van der Waals surface area contributed by atoms with Crippen molar-refractivity contribution >= 4 is 28.4 Å². The van der Waals surface area contributed by atoms with Gasteiger partial charge in [-0.3, -0.25) is 9.69 Å². The van der Waals surface area contributed by atoms with Gasteiger partial charge in [0.2, 0.25) is 5.95 Å². The molecule has 4 heterocycles. The predicted octanol–water partition coefficient (Wildman–Crippen LogP) is 3.81. The predicted molar refractivity (Wildman–Crippen MR) is 140 cm³/mol. The standard InChI is InChI=1S/C27H28N8O/c1-29-21-8-9-24-22(15-21)19(16-30-24)5-2-3-10-34-11-13-35(14-12-34)27-31-17-20(18-32-27)23-6-4-7-25(33-23)26(28)36/h4,6-9,15-18,30H,2-3,5,10-14H2,(H2,28,36). The highest BCUT2D eigenvalue weighted by Gasteiger charge is 2.19. The third-order valence-corrected chi connectivity index (χ3v) is 6.64. The molecular weight excluding hydrogens is 452 g/mol. The fourth-order valence-electron chi connectivity index (χ4n) is 4.61. The van der Waals surface area contributed by atoms with E-state index in [1.165, 1.54) is 10.9 Å². The van der Waals surface area contributed by atoms with Gasteiger partial charge in [0, 0.05) is 55.8 Å². The summed E-state index contributed by atoms with van der Waals surface area (Å²) in [6.45, 7) is 12.0. The minimum atomic E-state index is -0.555. The summed E-state index contributed by atoms with van der Waals surface area (Å²) in [7, 11) is 0. The third kappa shape index (κ3) is 5.19. The van der Waals surface area contributed by atoms with Gasteiger partial charge < -0.3 is 15.6 Å². The van der Waals surface area contributed by atoms with E-state index in [9.17, 15) is 4.79 Å². The third-order valence-electron chi connectivity index (χ3n) is 6.64. The number of carbonyl (C=O) groups is 1. The smallest absolute Gasteiger partial charge is 0.267 e. The van der Waals surface area contributed by atoms with Crippen molar-refractivity contribution in [2.75, 3.05) is 37.6 Å². The number of piperazine rings is 1. The van der Waals surface area contributed by atoms with Gasteiger partial charge in [-0.2, -0.15) is 0 Å². The largest absolute Gasteiger partial charge is 0.364 e. The van der Waals surface area contributed by atoms with Crippen LogP contribution in [-0.4, -0.2) is 63.5 Å². The lowest BCUT2D eigenvalue weighted by atomic mass is 10.1. The highest BCUT2D eigenvalue weighted by atomic mass is 16.1. The average Bonchev–Trinajstić information content (AvgIpc) is 3.33. The molecule has 0 bridgehead atoms. The van der Waals surface area contributed by atoms with Gasteiger partial charge in [-0.1, -0.05) is 12.1 Å². The molecule has 9 nitrogen and oxygen atoms in total. The Kier molecular flexibility index (Phi) is 6.87. The van der Waals surface area contributed by atoms with Crippen LogP contribution in [-0.2, 0) is 6.42 Å². The Bertz CT molecular complexity index is 1400. The van der Waals surface area contributed by atoms with Crippen LogP contribution in [0.2, 0.25) is 0 Å².